The van der Waals surface area contributed by atoms with Crippen LogP contribution in [0.5, 0.6) is 0 Å². The molecule has 1 N–H and O–H groups in total. The van der Waals surface area contributed by atoms with Gasteiger partial charge in [-0.2, -0.15) is 0 Å². The lowest BCUT2D eigenvalue weighted by atomic mass is 10.1. The van der Waals surface area contributed by atoms with Gasteiger partial charge in [0.05, 0.1) is 12.1 Å². The number of nitrogens with zero attached hydrogens (tertiary/aromatic N) is 2. The van der Waals surface area contributed by atoms with E-state index in [0.29, 0.717) is 12.2 Å². The summed E-state index contributed by atoms with van der Waals surface area (Å²) in [7, 11) is 0. The van der Waals surface area contributed by atoms with Crippen molar-refractivity contribution in [3.8, 4) is 11.3 Å². The highest BCUT2D eigenvalue weighted by Gasteiger charge is 2.11. The molecule has 1 aliphatic rings. The molecule has 4 rings (SSSR count). The minimum absolute atomic E-state index is 0.0590. The van der Waals surface area contributed by atoms with Crippen molar-refractivity contribution in [2.45, 2.75) is 25.7 Å². The lowest BCUT2D eigenvalue weighted by Gasteiger charge is -2.28. The van der Waals surface area contributed by atoms with Gasteiger partial charge in [0.25, 0.3) is 0 Å². The molecule has 4 nitrogen and oxygen atoms in total. The van der Waals surface area contributed by atoms with Crippen molar-refractivity contribution in [3.63, 3.8) is 0 Å². The molecular weight excluding hydrogens is 346 g/mol. The maximum absolute atomic E-state index is 12.3. The molecule has 0 saturated carbocycles. The number of anilines is 2. The zero-order valence-electron chi connectivity index (χ0n) is 16.0. The highest BCUT2D eigenvalue weighted by molar-refractivity contribution is 5.91. The van der Waals surface area contributed by atoms with Crippen molar-refractivity contribution < 1.29 is 4.79 Å². The van der Waals surface area contributed by atoms with Crippen LogP contribution in [0.25, 0.3) is 11.3 Å². The number of carbonyl (C=O) groups is 1. The Bertz CT molecular complexity index is 916. The highest BCUT2D eigenvalue weighted by Crippen LogP contribution is 2.25. The third-order valence-corrected chi connectivity index (χ3v) is 5.11. The molecule has 2 aromatic carbocycles. The number of carbonyl (C=O) groups excluding carboxylic acids is 1. The van der Waals surface area contributed by atoms with Gasteiger partial charge in [-0.1, -0.05) is 48.5 Å². The summed E-state index contributed by atoms with van der Waals surface area (Å²) in [5.74, 6) is 0.523. The van der Waals surface area contributed by atoms with Crippen molar-refractivity contribution in [1.82, 2.24) is 4.98 Å². The average molecular weight is 371 g/mol. The summed E-state index contributed by atoms with van der Waals surface area (Å²) in [4.78, 5) is 19.4. The molecule has 28 heavy (non-hydrogen) atoms. The molecule has 1 amide bonds. The first-order valence-electron chi connectivity index (χ1n) is 9.94. The minimum Gasteiger partial charge on any atom is -0.372 e. The van der Waals surface area contributed by atoms with Crippen LogP contribution in [0, 0.1) is 0 Å². The zero-order valence-corrected chi connectivity index (χ0v) is 16.0. The van der Waals surface area contributed by atoms with Crippen LogP contribution in [-0.2, 0) is 11.2 Å². The molecule has 0 unspecified atom stereocenters. The molecular formula is C24H25N3O. The molecule has 142 valence electrons. The van der Waals surface area contributed by atoms with Gasteiger partial charge in [0.1, 0.15) is 5.82 Å². The van der Waals surface area contributed by atoms with Crippen LogP contribution >= 0.6 is 0 Å². The largest absolute Gasteiger partial charge is 0.372 e. The molecule has 0 radical (unpaired) electrons. The predicted octanol–water partition coefficient (Wildman–Crippen LogP) is 4.92. The van der Waals surface area contributed by atoms with E-state index in [-0.39, 0.29) is 5.91 Å². The average Bonchev–Trinajstić information content (AvgIpc) is 2.75. The second-order valence-corrected chi connectivity index (χ2v) is 7.21. The van der Waals surface area contributed by atoms with E-state index in [1.807, 2.05) is 48.5 Å². The van der Waals surface area contributed by atoms with Crippen molar-refractivity contribution >= 4 is 17.4 Å². The van der Waals surface area contributed by atoms with Crippen LogP contribution in [-0.4, -0.2) is 24.0 Å². The van der Waals surface area contributed by atoms with E-state index >= 15 is 0 Å². The summed E-state index contributed by atoms with van der Waals surface area (Å²) >= 11 is 0. The fourth-order valence-electron chi connectivity index (χ4n) is 3.63. The van der Waals surface area contributed by atoms with Gasteiger partial charge in [-0.25, -0.2) is 4.98 Å². The summed E-state index contributed by atoms with van der Waals surface area (Å²) in [6.45, 7) is 2.28. The monoisotopic (exact) mass is 371 g/mol. The van der Waals surface area contributed by atoms with E-state index in [2.05, 4.69) is 39.5 Å². The Balaban J connectivity index is 1.43. The summed E-state index contributed by atoms with van der Waals surface area (Å²) in [5, 5.41) is 2.91. The van der Waals surface area contributed by atoms with Crippen LogP contribution in [0.15, 0.2) is 72.8 Å². The molecule has 2 heterocycles. The van der Waals surface area contributed by atoms with E-state index in [1.54, 1.807) is 0 Å². The number of benzene rings is 2. The minimum atomic E-state index is -0.0590. The SMILES string of the molecule is O=C(Cc1ccccc1)Nc1cccc(-c2ccc(N3CCCCC3)cc2)n1. The van der Waals surface area contributed by atoms with Crippen LogP contribution in [0.4, 0.5) is 11.5 Å². The van der Waals surface area contributed by atoms with Gasteiger partial charge in [0, 0.05) is 24.3 Å². The summed E-state index contributed by atoms with van der Waals surface area (Å²) in [5.41, 5.74) is 4.18. The van der Waals surface area contributed by atoms with E-state index in [1.165, 1.54) is 24.9 Å². The zero-order chi connectivity index (χ0) is 19.2. The van der Waals surface area contributed by atoms with E-state index in [9.17, 15) is 4.79 Å². The van der Waals surface area contributed by atoms with E-state index in [4.69, 9.17) is 0 Å². The van der Waals surface area contributed by atoms with Crippen molar-refractivity contribution in [2.75, 3.05) is 23.3 Å². The molecule has 0 spiro atoms. The number of nitrogens with one attached hydrogen (secondary N) is 1. The molecule has 0 bridgehead atoms. The van der Waals surface area contributed by atoms with Gasteiger partial charge >= 0.3 is 0 Å². The number of rotatable bonds is 5. The highest BCUT2D eigenvalue weighted by atomic mass is 16.1. The van der Waals surface area contributed by atoms with Crippen molar-refractivity contribution in [1.29, 1.82) is 0 Å². The molecule has 3 aromatic rings. The Morgan fingerprint density at radius 3 is 2.36 bits per heavy atom. The third-order valence-electron chi connectivity index (χ3n) is 5.11. The Labute approximate surface area is 166 Å². The number of piperidine rings is 1. The number of amides is 1. The van der Waals surface area contributed by atoms with Crippen LogP contribution in [0.3, 0.4) is 0 Å². The molecule has 1 aliphatic heterocycles. The second-order valence-electron chi connectivity index (χ2n) is 7.21. The first kappa shape index (κ1) is 18.2. The fourth-order valence-corrected chi connectivity index (χ4v) is 3.63. The molecule has 1 fully saturated rings. The Hall–Kier alpha value is -3.14. The van der Waals surface area contributed by atoms with Crippen LogP contribution < -0.4 is 10.2 Å². The first-order valence-corrected chi connectivity index (χ1v) is 9.94. The third kappa shape index (κ3) is 4.58. The quantitative estimate of drug-likeness (QED) is 0.692. The Kier molecular flexibility index (Phi) is 5.66. The summed E-state index contributed by atoms with van der Waals surface area (Å²) in [6, 6.07) is 24.0. The normalized spacial score (nSPS) is 13.9. The number of aromatic nitrogens is 1. The fraction of sp³-hybridized carbons (Fsp3) is 0.250. The van der Waals surface area contributed by atoms with Crippen LogP contribution in [0.2, 0.25) is 0 Å². The van der Waals surface area contributed by atoms with Gasteiger partial charge in [0.15, 0.2) is 0 Å². The van der Waals surface area contributed by atoms with Gasteiger partial charge in [-0.3, -0.25) is 4.79 Å². The standard InChI is InChI=1S/C24H25N3O/c28-24(18-19-8-3-1-4-9-19)26-23-11-7-10-22(25-23)20-12-14-21(15-13-20)27-16-5-2-6-17-27/h1,3-4,7-15H,2,5-6,16-18H2,(H,25,26,28). The lowest BCUT2D eigenvalue weighted by molar-refractivity contribution is -0.115. The van der Waals surface area contributed by atoms with Crippen LogP contribution in [0.1, 0.15) is 24.8 Å². The number of hydrogen-bond acceptors (Lipinski definition) is 3. The molecule has 0 aliphatic carbocycles. The smallest absolute Gasteiger partial charge is 0.229 e. The topological polar surface area (TPSA) is 45.2 Å². The van der Waals surface area contributed by atoms with Gasteiger partial charge in [0.2, 0.25) is 5.91 Å². The van der Waals surface area contributed by atoms with Crippen molar-refractivity contribution in [2.24, 2.45) is 0 Å². The maximum Gasteiger partial charge on any atom is 0.229 e. The summed E-state index contributed by atoms with van der Waals surface area (Å²) < 4.78 is 0. The molecule has 1 saturated heterocycles. The second kappa shape index (κ2) is 8.70. The number of hydrogen-bond donors (Lipinski definition) is 1. The van der Waals surface area contributed by atoms with Crippen molar-refractivity contribution in [3.05, 3.63) is 78.4 Å². The first-order chi connectivity index (χ1) is 13.8. The van der Waals surface area contributed by atoms with Gasteiger partial charge < -0.3 is 10.2 Å². The summed E-state index contributed by atoms with van der Waals surface area (Å²) in [6.07, 6.45) is 4.22. The number of pyridine rings is 1. The maximum atomic E-state index is 12.3. The van der Waals surface area contributed by atoms with E-state index in [0.717, 1.165) is 29.9 Å². The Morgan fingerprint density at radius 1 is 0.857 bits per heavy atom. The predicted molar refractivity (Wildman–Crippen MR) is 115 cm³/mol. The molecule has 0 atom stereocenters. The van der Waals surface area contributed by atoms with Gasteiger partial charge in [-0.15, -0.1) is 0 Å². The molecule has 1 aromatic heterocycles. The van der Waals surface area contributed by atoms with Gasteiger partial charge in [-0.05, 0) is 49.1 Å². The molecule has 4 heteroatoms. The lowest BCUT2D eigenvalue weighted by Crippen LogP contribution is -2.29. The van der Waals surface area contributed by atoms with E-state index < -0.39 is 0 Å². The Morgan fingerprint density at radius 2 is 1.61 bits per heavy atom.